The molecule has 17 heteroatoms. The third kappa shape index (κ3) is 10.4. The number of hydrogen-bond donors (Lipinski definition) is 3. The molecule has 6 rings (SSSR count). The first-order valence-corrected chi connectivity index (χ1v) is 21.3. The van der Waals surface area contributed by atoms with Crippen molar-refractivity contribution in [1.82, 2.24) is 30.3 Å². The van der Waals surface area contributed by atoms with Crippen LogP contribution in [-0.2, 0) is 44.7 Å². The SMILES string of the molecule is CC[C@H]1NC(=O)[C@@H](NC(=O)c2ncccc2O)[C@@H](C)OC(=O)[C@H](c2ccccc2)CC(=O)[C@@H]2CC(=O)CCN2C(=O)[C@H](Cc2ccc(N(C)C)cc2)N(C)C(=O)[C@@H]2CCCN2C1=O. The molecule has 3 aliphatic rings. The van der Waals surface area contributed by atoms with Crippen LogP contribution in [0.25, 0.3) is 0 Å². The zero-order valence-electron chi connectivity index (χ0n) is 36.2. The number of aromatic nitrogens is 1. The molecule has 4 heterocycles. The molecule has 0 saturated carbocycles. The maximum absolute atomic E-state index is 15.0. The highest BCUT2D eigenvalue weighted by atomic mass is 16.5. The van der Waals surface area contributed by atoms with E-state index in [0.717, 1.165) is 11.3 Å². The van der Waals surface area contributed by atoms with Gasteiger partial charge in [0, 0.05) is 71.8 Å². The number of hydrogen-bond acceptors (Lipinski definition) is 12. The topological polar surface area (TPSA) is 216 Å². The van der Waals surface area contributed by atoms with Crippen LogP contribution in [0.5, 0.6) is 5.75 Å². The van der Waals surface area contributed by atoms with Crippen LogP contribution >= 0.6 is 0 Å². The van der Waals surface area contributed by atoms with Crippen LogP contribution in [0.2, 0.25) is 0 Å². The summed E-state index contributed by atoms with van der Waals surface area (Å²) >= 11 is 0. The summed E-state index contributed by atoms with van der Waals surface area (Å²) in [4.78, 5) is 124. The predicted molar refractivity (Wildman–Crippen MR) is 229 cm³/mol. The number of pyridine rings is 1. The number of ketones is 2. The van der Waals surface area contributed by atoms with E-state index in [1.54, 1.807) is 37.3 Å². The maximum Gasteiger partial charge on any atom is 0.314 e. The second-order valence-electron chi connectivity index (χ2n) is 16.5. The number of piperidine rings is 1. The monoisotopic (exact) mass is 865 g/mol. The van der Waals surface area contributed by atoms with Gasteiger partial charge in [0.1, 0.15) is 41.8 Å². The second-order valence-corrected chi connectivity index (χ2v) is 16.5. The molecule has 3 N–H and O–H groups in total. The predicted octanol–water partition coefficient (Wildman–Crippen LogP) is 2.16. The minimum absolute atomic E-state index is 0.0210. The largest absolute Gasteiger partial charge is 0.505 e. The van der Waals surface area contributed by atoms with E-state index in [2.05, 4.69) is 15.6 Å². The van der Waals surface area contributed by atoms with Crippen molar-refractivity contribution in [3.05, 3.63) is 89.7 Å². The van der Waals surface area contributed by atoms with E-state index < -0.39 is 101 Å². The first-order chi connectivity index (χ1) is 30.1. The van der Waals surface area contributed by atoms with Gasteiger partial charge in [0.2, 0.25) is 23.6 Å². The quantitative estimate of drug-likeness (QED) is 0.292. The molecule has 0 aliphatic carbocycles. The third-order valence-electron chi connectivity index (χ3n) is 12.1. The van der Waals surface area contributed by atoms with Crippen LogP contribution in [0.1, 0.15) is 79.9 Å². The summed E-state index contributed by atoms with van der Waals surface area (Å²) in [5.74, 6) is -7.10. The smallest absolute Gasteiger partial charge is 0.314 e. The van der Waals surface area contributed by atoms with Crippen molar-refractivity contribution < 1.29 is 48.2 Å². The summed E-state index contributed by atoms with van der Waals surface area (Å²) in [7, 11) is 5.28. The number of rotatable bonds is 7. The summed E-state index contributed by atoms with van der Waals surface area (Å²) in [5, 5.41) is 15.6. The Kier molecular flexibility index (Phi) is 14.6. The average Bonchev–Trinajstić information content (AvgIpc) is 3.77. The van der Waals surface area contributed by atoms with Gasteiger partial charge in [-0.3, -0.25) is 38.4 Å². The number of Topliss-reactive ketones (excluding diaryl/α,β-unsaturated/α-hetero) is 2. The van der Waals surface area contributed by atoms with Gasteiger partial charge < -0.3 is 40.1 Å². The lowest BCUT2D eigenvalue weighted by molar-refractivity contribution is -0.155. The number of anilines is 1. The lowest BCUT2D eigenvalue weighted by Crippen LogP contribution is -2.61. The summed E-state index contributed by atoms with van der Waals surface area (Å²) in [5.41, 5.74) is 1.60. The van der Waals surface area contributed by atoms with Gasteiger partial charge in [-0.15, -0.1) is 0 Å². The van der Waals surface area contributed by atoms with E-state index in [1.807, 2.05) is 43.3 Å². The number of aromatic hydroxyl groups is 1. The number of likely N-dealkylation sites (N-methyl/N-ethyl adjacent to an activating group) is 1. The molecule has 1 aromatic heterocycles. The molecule has 17 nitrogen and oxygen atoms in total. The van der Waals surface area contributed by atoms with E-state index in [4.69, 9.17) is 4.74 Å². The first-order valence-electron chi connectivity index (χ1n) is 21.3. The van der Waals surface area contributed by atoms with Gasteiger partial charge in [-0.2, -0.15) is 0 Å². The average molecular weight is 866 g/mol. The number of nitrogens with zero attached hydrogens (tertiary/aromatic N) is 5. The Morgan fingerprint density at radius 2 is 1.59 bits per heavy atom. The van der Waals surface area contributed by atoms with Crippen molar-refractivity contribution in [1.29, 1.82) is 0 Å². The van der Waals surface area contributed by atoms with E-state index in [9.17, 15) is 43.5 Å². The molecule has 2 aromatic carbocycles. The highest BCUT2D eigenvalue weighted by Crippen LogP contribution is 2.29. The van der Waals surface area contributed by atoms with Crippen LogP contribution < -0.4 is 15.5 Å². The molecule has 3 aliphatic heterocycles. The van der Waals surface area contributed by atoms with Gasteiger partial charge in [-0.25, -0.2) is 4.98 Å². The van der Waals surface area contributed by atoms with E-state index in [-0.39, 0.29) is 51.0 Å². The van der Waals surface area contributed by atoms with E-state index in [0.29, 0.717) is 12.0 Å². The minimum Gasteiger partial charge on any atom is -0.505 e. The number of esters is 1. The number of carbonyl (C=O) groups is 8. The van der Waals surface area contributed by atoms with Crippen molar-refractivity contribution in [3.8, 4) is 5.75 Å². The zero-order valence-corrected chi connectivity index (χ0v) is 36.2. The van der Waals surface area contributed by atoms with Gasteiger partial charge in [-0.1, -0.05) is 49.4 Å². The summed E-state index contributed by atoms with van der Waals surface area (Å²) < 4.78 is 5.91. The number of ether oxygens (including phenoxy) is 1. The molecule has 3 aromatic rings. The fourth-order valence-electron chi connectivity index (χ4n) is 8.46. The van der Waals surface area contributed by atoms with Gasteiger partial charge in [0.15, 0.2) is 11.5 Å². The summed E-state index contributed by atoms with van der Waals surface area (Å²) in [6.45, 7) is 3.10. The Morgan fingerprint density at radius 1 is 0.889 bits per heavy atom. The molecule has 0 unspecified atom stereocenters. The summed E-state index contributed by atoms with van der Waals surface area (Å²) in [6.07, 6.45) is -0.141. The minimum atomic E-state index is -1.65. The molecular weight excluding hydrogens is 811 g/mol. The Hall–Kier alpha value is -6.65. The van der Waals surface area contributed by atoms with E-state index in [1.165, 1.54) is 47.0 Å². The zero-order chi connectivity index (χ0) is 45.5. The number of amides is 5. The van der Waals surface area contributed by atoms with Crippen LogP contribution in [0.15, 0.2) is 72.9 Å². The summed E-state index contributed by atoms with van der Waals surface area (Å²) in [6, 6.07) is 12.1. The molecule has 334 valence electrons. The van der Waals surface area contributed by atoms with Crippen molar-refractivity contribution in [2.24, 2.45) is 0 Å². The standard InChI is InChI=1S/C46H55N7O10/c1-6-33-43(59)52-22-11-14-34(52)44(60)51(5)36(24-28-16-18-30(19-17-28)50(3)4)45(61)53-23-20-31(54)25-35(53)38(56)26-32(29-12-8-7-9-13-29)46(62)63-27(2)39(41(57)48-33)49-42(58)40-37(55)15-10-21-47-40/h7-10,12-13,15-19,21,27,32-36,39,55H,6,11,14,20,22-26H2,1-5H3,(H,48,57)(H,49,58)/t27-,32+,33-,34+,35+,36+,39+/m1/s1. The normalized spacial score (nSPS) is 25.6. The number of nitrogens with one attached hydrogen (secondary N) is 2. The third-order valence-corrected chi connectivity index (χ3v) is 12.1. The van der Waals surface area contributed by atoms with Gasteiger partial charge in [0.05, 0.1) is 12.0 Å². The van der Waals surface area contributed by atoms with Crippen molar-refractivity contribution in [3.63, 3.8) is 0 Å². The van der Waals surface area contributed by atoms with Gasteiger partial charge in [0.25, 0.3) is 5.91 Å². The molecular formula is C46H55N7O10. The molecule has 63 heavy (non-hydrogen) atoms. The maximum atomic E-state index is 15.0. The van der Waals surface area contributed by atoms with E-state index >= 15 is 0 Å². The molecule has 3 fully saturated rings. The van der Waals surface area contributed by atoms with Crippen LogP contribution in [-0.4, -0.2) is 142 Å². The van der Waals surface area contributed by atoms with Crippen molar-refractivity contribution >= 4 is 52.8 Å². The van der Waals surface area contributed by atoms with Crippen LogP contribution in [0.3, 0.4) is 0 Å². The molecule has 0 spiro atoms. The fourth-order valence-corrected chi connectivity index (χ4v) is 8.46. The Morgan fingerprint density at radius 3 is 2.25 bits per heavy atom. The molecule has 3 saturated heterocycles. The Balaban J connectivity index is 1.44. The number of cyclic esters (lactones) is 1. The highest BCUT2D eigenvalue weighted by Gasteiger charge is 2.45. The lowest BCUT2D eigenvalue weighted by atomic mass is 9.87. The highest BCUT2D eigenvalue weighted by molar-refractivity contribution is 6.01. The second kappa shape index (κ2) is 20.0. The van der Waals surface area contributed by atoms with Gasteiger partial charge >= 0.3 is 5.97 Å². The van der Waals surface area contributed by atoms with Gasteiger partial charge in [-0.05, 0) is 61.6 Å². The fraction of sp³-hybridized carbons (Fsp3) is 0.457. The van der Waals surface area contributed by atoms with Crippen molar-refractivity contribution in [2.75, 3.05) is 39.1 Å². The lowest BCUT2D eigenvalue weighted by Gasteiger charge is -2.40. The van der Waals surface area contributed by atoms with Crippen LogP contribution in [0, 0.1) is 0 Å². The molecule has 7 atom stereocenters. The number of fused-ring (bicyclic) bond motifs is 2. The molecule has 0 bridgehead atoms. The van der Waals surface area contributed by atoms with Crippen LogP contribution in [0.4, 0.5) is 5.69 Å². The van der Waals surface area contributed by atoms with Crippen molar-refractivity contribution in [2.45, 2.75) is 101 Å². The molecule has 5 amide bonds. The molecule has 0 radical (unpaired) electrons. The Labute approximate surface area is 366 Å². The number of carbonyl (C=O) groups excluding carboxylic acids is 8. The Bertz CT molecular complexity index is 2220. The first kappa shape index (κ1) is 45.9. The number of benzene rings is 2.